The Labute approximate surface area is 93.8 Å². The Balaban J connectivity index is 3.29. The van der Waals surface area contributed by atoms with Crippen molar-refractivity contribution in [3.63, 3.8) is 0 Å². The van der Waals surface area contributed by atoms with E-state index in [4.69, 9.17) is 23.2 Å². The van der Waals surface area contributed by atoms with Gasteiger partial charge in [0.15, 0.2) is 5.82 Å². The molecule has 0 bridgehead atoms. The van der Waals surface area contributed by atoms with Gasteiger partial charge in [-0.25, -0.2) is 4.39 Å². The predicted molar refractivity (Wildman–Crippen MR) is 51.4 cm³/mol. The number of halogens is 5. The Bertz CT molecular complexity index is 413. The first-order chi connectivity index (χ1) is 6.75. The first-order valence-corrected chi connectivity index (χ1v) is 4.57. The van der Waals surface area contributed by atoms with E-state index in [1.807, 2.05) is 0 Å². The highest BCUT2D eigenvalue weighted by atomic mass is 35.5. The fourth-order valence-electron chi connectivity index (χ4n) is 0.938. The molecule has 0 aliphatic heterocycles. The molecule has 0 saturated heterocycles. The molecule has 0 aromatic heterocycles. The monoisotopic (exact) mass is 256 g/mol. The van der Waals surface area contributed by atoms with Crippen LogP contribution in [0.25, 0.3) is 0 Å². The summed E-state index contributed by atoms with van der Waals surface area (Å²) in [6.45, 7) is 0.386. The number of rotatable bonds is 2. The van der Waals surface area contributed by atoms with E-state index >= 15 is 0 Å². The molecule has 6 heteroatoms. The molecule has 82 valence electrons. The van der Waals surface area contributed by atoms with Gasteiger partial charge in [0.25, 0.3) is 0 Å². The van der Waals surface area contributed by atoms with E-state index in [1.165, 1.54) is 0 Å². The Hall–Kier alpha value is -0.740. The van der Waals surface area contributed by atoms with Crippen LogP contribution in [0, 0.1) is 5.82 Å². The van der Waals surface area contributed by atoms with Crippen molar-refractivity contribution in [3.8, 4) is 0 Å². The lowest BCUT2D eigenvalue weighted by molar-refractivity contribution is 0.0217. The largest absolute Gasteiger partial charge is 0.307 e. The molecule has 0 aliphatic rings. The van der Waals surface area contributed by atoms with Gasteiger partial charge in [-0.15, -0.1) is 0 Å². The van der Waals surface area contributed by atoms with E-state index in [0.29, 0.717) is 6.92 Å². The molecule has 0 fully saturated rings. The lowest BCUT2D eigenvalue weighted by Gasteiger charge is -2.10. The maximum Gasteiger partial charge on any atom is 0.307 e. The summed E-state index contributed by atoms with van der Waals surface area (Å²) in [5, 5.41) is -0.670. The molecule has 1 aromatic rings. The van der Waals surface area contributed by atoms with Gasteiger partial charge in [0.2, 0.25) is 5.78 Å². The standard InChI is InChI=1S/C9H5Cl2F3O/c1-9(13,14)8(15)4-2-3-5(10)6(11)7(4)12/h2-3H,1H3. The number of carbonyl (C=O) groups is 1. The Morgan fingerprint density at radius 3 is 2.33 bits per heavy atom. The second-order valence-electron chi connectivity index (χ2n) is 2.94. The van der Waals surface area contributed by atoms with E-state index in [9.17, 15) is 18.0 Å². The third-order valence-corrected chi connectivity index (χ3v) is 2.46. The zero-order chi connectivity index (χ0) is 11.8. The van der Waals surface area contributed by atoms with Gasteiger partial charge in [-0.3, -0.25) is 4.79 Å². The number of ketones is 1. The van der Waals surface area contributed by atoms with Crippen molar-refractivity contribution in [2.75, 3.05) is 0 Å². The minimum absolute atomic E-state index is 0.134. The molecule has 15 heavy (non-hydrogen) atoms. The number of hydrogen-bond acceptors (Lipinski definition) is 1. The van der Waals surface area contributed by atoms with Gasteiger partial charge in [-0.1, -0.05) is 23.2 Å². The Kier molecular flexibility index (Phi) is 3.31. The number of carbonyl (C=O) groups excluding carboxylic acids is 1. The Morgan fingerprint density at radius 2 is 1.87 bits per heavy atom. The van der Waals surface area contributed by atoms with Crippen LogP contribution in [0.5, 0.6) is 0 Å². The van der Waals surface area contributed by atoms with Crippen LogP contribution in [-0.2, 0) is 0 Å². The second-order valence-corrected chi connectivity index (χ2v) is 3.73. The van der Waals surface area contributed by atoms with Crippen molar-refractivity contribution >= 4 is 29.0 Å². The van der Waals surface area contributed by atoms with E-state index in [-0.39, 0.29) is 5.02 Å². The average molecular weight is 257 g/mol. The summed E-state index contributed by atoms with van der Waals surface area (Å²) in [5.41, 5.74) is -0.767. The first kappa shape index (κ1) is 12.3. The first-order valence-electron chi connectivity index (χ1n) is 3.81. The normalized spacial score (nSPS) is 11.6. The molecule has 0 atom stereocenters. The van der Waals surface area contributed by atoms with Gasteiger partial charge in [-0.05, 0) is 12.1 Å². The number of benzene rings is 1. The van der Waals surface area contributed by atoms with E-state index in [2.05, 4.69) is 0 Å². The molecule has 0 saturated carbocycles. The van der Waals surface area contributed by atoms with Gasteiger partial charge in [0.05, 0.1) is 15.6 Å². The predicted octanol–water partition coefficient (Wildman–Crippen LogP) is 3.97. The topological polar surface area (TPSA) is 17.1 Å². The van der Waals surface area contributed by atoms with Crippen LogP contribution in [0.4, 0.5) is 13.2 Å². The summed E-state index contributed by atoms with van der Waals surface area (Å²) >= 11 is 10.8. The lowest BCUT2D eigenvalue weighted by Crippen LogP contribution is -2.25. The van der Waals surface area contributed by atoms with E-state index in [1.54, 1.807) is 0 Å². The lowest BCUT2D eigenvalue weighted by atomic mass is 10.1. The minimum atomic E-state index is -3.64. The van der Waals surface area contributed by atoms with Crippen LogP contribution in [0.3, 0.4) is 0 Å². The molecule has 1 nitrogen and oxygen atoms in total. The fraction of sp³-hybridized carbons (Fsp3) is 0.222. The quantitative estimate of drug-likeness (QED) is 0.578. The molecule has 1 rings (SSSR count). The summed E-state index contributed by atoms with van der Waals surface area (Å²) in [6, 6.07) is 1.97. The summed E-state index contributed by atoms with van der Waals surface area (Å²) in [6.07, 6.45) is 0. The number of Topliss-reactive ketones (excluding diaryl/α,β-unsaturated/α-hetero) is 1. The van der Waals surface area contributed by atoms with Crippen molar-refractivity contribution < 1.29 is 18.0 Å². The molecular weight excluding hydrogens is 252 g/mol. The highest BCUT2D eigenvalue weighted by Crippen LogP contribution is 2.30. The van der Waals surface area contributed by atoms with Crippen molar-refractivity contribution in [2.45, 2.75) is 12.8 Å². The minimum Gasteiger partial charge on any atom is -0.287 e. The van der Waals surface area contributed by atoms with Crippen LogP contribution in [0.15, 0.2) is 12.1 Å². The van der Waals surface area contributed by atoms with Gasteiger partial charge in [0, 0.05) is 6.92 Å². The van der Waals surface area contributed by atoms with Crippen molar-refractivity contribution in [1.82, 2.24) is 0 Å². The summed E-state index contributed by atoms with van der Waals surface area (Å²) in [4.78, 5) is 11.1. The summed E-state index contributed by atoms with van der Waals surface area (Å²) in [5.74, 6) is -6.49. The Morgan fingerprint density at radius 1 is 1.33 bits per heavy atom. The molecule has 0 N–H and O–H groups in total. The van der Waals surface area contributed by atoms with Crippen molar-refractivity contribution in [3.05, 3.63) is 33.6 Å². The summed E-state index contributed by atoms with van der Waals surface area (Å²) < 4.78 is 38.5. The SMILES string of the molecule is CC(F)(F)C(=O)c1ccc(Cl)c(Cl)c1F. The molecular formula is C9H5Cl2F3O. The third-order valence-electron chi connectivity index (χ3n) is 1.68. The average Bonchev–Trinajstić information content (AvgIpc) is 2.12. The van der Waals surface area contributed by atoms with Gasteiger partial charge >= 0.3 is 5.92 Å². The van der Waals surface area contributed by atoms with Crippen LogP contribution in [0.1, 0.15) is 17.3 Å². The van der Waals surface area contributed by atoms with Gasteiger partial charge in [0.1, 0.15) is 0 Å². The molecule has 0 heterocycles. The molecule has 0 aliphatic carbocycles. The zero-order valence-corrected chi connectivity index (χ0v) is 8.96. The highest BCUT2D eigenvalue weighted by Gasteiger charge is 2.35. The molecule has 1 aromatic carbocycles. The van der Waals surface area contributed by atoms with E-state index < -0.39 is 28.1 Å². The number of hydrogen-bond donors (Lipinski definition) is 0. The van der Waals surface area contributed by atoms with Crippen molar-refractivity contribution in [2.24, 2.45) is 0 Å². The molecule has 0 radical (unpaired) electrons. The zero-order valence-electron chi connectivity index (χ0n) is 7.45. The van der Waals surface area contributed by atoms with Crippen LogP contribution in [0.2, 0.25) is 10.0 Å². The molecule has 0 spiro atoms. The van der Waals surface area contributed by atoms with Gasteiger partial charge in [-0.2, -0.15) is 8.78 Å². The second kappa shape index (κ2) is 4.02. The van der Waals surface area contributed by atoms with Crippen LogP contribution < -0.4 is 0 Å². The van der Waals surface area contributed by atoms with Crippen molar-refractivity contribution in [1.29, 1.82) is 0 Å². The number of alkyl halides is 2. The highest BCUT2D eigenvalue weighted by molar-refractivity contribution is 6.42. The molecule has 0 unspecified atom stereocenters. The maximum absolute atomic E-state index is 13.3. The maximum atomic E-state index is 13.3. The van der Waals surface area contributed by atoms with E-state index in [0.717, 1.165) is 12.1 Å². The smallest absolute Gasteiger partial charge is 0.287 e. The van der Waals surface area contributed by atoms with Crippen LogP contribution in [-0.4, -0.2) is 11.7 Å². The van der Waals surface area contributed by atoms with Gasteiger partial charge < -0.3 is 0 Å². The van der Waals surface area contributed by atoms with Crippen LogP contribution >= 0.6 is 23.2 Å². The summed E-state index contributed by atoms with van der Waals surface area (Å²) in [7, 11) is 0. The molecule has 0 amide bonds. The third kappa shape index (κ3) is 2.44. The fourth-order valence-corrected chi connectivity index (χ4v) is 1.25.